The second-order valence-corrected chi connectivity index (χ2v) is 22.4. The summed E-state index contributed by atoms with van der Waals surface area (Å²) < 4.78 is 7.81. The monoisotopic (exact) mass is 427 g/mol. The summed E-state index contributed by atoms with van der Waals surface area (Å²) >= 11 is -2.58. The Morgan fingerprint density at radius 2 is 1.00 bits per heavy atom. The third-order valence-corrected chi connectivity index (χ3v) is 19.7. The van der Waals surface area contributed by atoms with Crippen LogP contribution in [-0.4, -0.2) is 97.9 Å². The van der Waals surface area contributed by atoms with Crippen molar-refractivity contribution in [2.24, 2.45) is 0 Å². The van der Waals surface area contributed by atoms with E-state index < -0.39 is 19.2 Å². The molecule has 0 rings (SSSR count). The zero-order chi connectivity index (χ0) is 18.7. The summed E-state index contributed by atoms with van der Waals surface area (Å²) in [6.07, 6.45) is 0. The standard InChI is InChI=1S/C4H9.C3H7NO.C2H7N.3C2H6N.Sn/c1-4(2)3;1-3(5)4-2;4*1-3-2;/h1-3H3;1-2H3,(H,4,5);3H,1-2H3;3*1-2H3;/q;;;3*-1;+3. The summed E-state index contributed by atoms with van der Waals surface area (Å²) in [5, 5.41) is 5.14. The van der Waals surface area contributed by atoms with Crippen LogP contribution >= 0.6 is 0 Å². The van der Waals surface area contributed by atoms with Crippen LogP contribution < -0.4 is 10.6 Å². The van der Waals surface area contributed by atoms with Gasteiger partial charge in [0.15, 0.2) is 0 Å². The predicted octanol–water partition coefficient (Wildman–Crippen LogP) is 0.998. The molecule has 0 radical (unpaired) electrons. The number of nitrogens with one attached hydrogen (secondary N) is 2. The molecule has 6 nitrogen and oxygen atoms in total. The van der Waals surface area contributed by atoms with Gasteiger partial charge in [0.25, 0.3) is 0 Å². The molecule has 0 aromatic rings. The second kappa shape index (κ2) is 12.5. The van der Waals surface area contributed by atoms with Crippen molar-refractivity contribution < 1.29 is 4.79 Å². The fourth-order valence-electron chi connectivity index (χ4n) is 3.21. The first kappa shape index (κ1) is 27.0. The van der Waals surface area contributed by atoms with Gasteiger partial charge in [-0.2, -0.15) is 0 Å². The van der Waals surface area contributed by atoms with Crippen molar-refractivity contribution in [1.29, 1.82) is 0 Å². The number of nitrogens with zero attached hydrogens (tertiary/aromatic N) is 3. The van der Waals surface area contributed by atoms with Gasteiger partial charge in [0, 0.05) is 14.0 Å². The zero-order valence-corrected chi connectivity index (χ0v) is 20.1. The molecule has 22 heavy (non-hydrogen) atoms. The van der Waals surface area contributed by atoms with Crippen LogP contribution in [0.15, 0.2) is 0 Å². The normalized spacial score (nSPS) is 11.6. The first-order valence-corrected chi connectivity index (χ1v) is 12.8. The van der Waals surface area contributed by atoms with Gasteiger partial charge in [0.1, 0.15) is 0 Å². The molecule has 0 aromatic carbocycles. The Labute approximate surface area is 144 Å². The molecule has 7 heteroatoms. The second-order valence-electron chi connectivity index (χ2n) is 6.87. The van der Waals surface area contributed by atoms with Crippen LogP contribution in [0.2, 0.25) is 3.43 Å². The van der Waals surface area contributed by atoms with Gasteiger partial charge in [-0.1, -0.05) is 0 Å². The van der Waals surface area contributed by atoms with E-state index in [4.69, 9.17) is 0 Å². The zero-order valence-electron chi connectivity index (χ0n) is 17.2. The van der Waals surface area contributed by atoms with Crippen LogP contribution in [0.5, 0.6) is 0 Å². The van der Waals surface area contributed by atoms with E-state index in [2.05, 4.69) is 83.1 Å². The maximum absolute atomic E-state index is 9.70. The minimum atomic E-state index is -2.58. The van der Waals surface area contributed by atoms with Gasteiger partial charge >= 0.3 is 95.0 Å². The van der Waals surface area contributed by atoms with E-state index >= 15 is 0 Å². The molecule has 0 aliphatic heterocycles. The number of carbonyl (C=O) groups is 1. The predicted molar refractivity (Wildman–Crippen MR) is 101 cm³/mol. The summed E-state index contributed by atoms with van der Waals surface area (Å²) in [4.78, 5) is 9.70. The Bertz CT molecular complexity index is 266. The molecular formula is C15H41N5OSn. The van der Waals surface area contributed by atoms with Crippen molar-refractivity contribution in [1.82, 2.24) is 20.0 Å². The molecule has 0 aliphatic rings. The van der Waals surface area contributed by atoms with Crippen molar-refractivity contribution in [2.75, 3.05) is 63.4 Å². The number of rotatable bonds is 3. The summed E-state index contributed by atoms with van der Waals surface area (Å²) in [5.41, 5.74) is 0. The van der Waals surface area contributed by atoms with Crippen molar-refractivity contribution in [2.45, 2.75) is 31.1 Å². The molecule has 0 aromatic heterocycles. The van der Waals surface area contributed by atoms with Gasteiger partial charge in [-0.05, 0) is 14.1 Å². The fourth-order valence-corrected chi connectivity index (χ4v) is 21.5. The van der Waals surface area contributed by atoms with E-state index in [0.717, 1.165) is 0 Å². The van der Waals surface area contributed by atoms with Gasteiger partial charge in [0.05, 0.1) is 0 Å². The van der Waals surface area contributed by atoms with Crippen LogP contribution in [0.3, 0.4) is 0 Å². The molecule has 136 valence electrons. The molecule has 0 heterocycles. The minimum absolute atomic E-state index is 0.00463. The Balaban J connectivity index is -0.000000373. The molecule has 0 unspecified atom stereocenters. The molecule has 0 spiro atoms. The Kier molecular flexibility index (Phi) is 15.4. The maximum atomic E-state index is 9.70. The first-order chi connectivity index (χ1) is 9.76. The van der Waals surface area contributed by atoms with Crippen LogP contribution in [0, 0.1) is 0 Å². The van der Waals surface area contributed by atoms with Gasteiger partial charge in [-0.3, -0.25) is 4.79 Å². The first-order valence-electron chi connectivity index (χ1n) is 7.56. The Morgan fingerprint density at radius 3 is 1.00 bits per heavy atom. The molecule has 0 atom stereocenters. The van der Waals surface area contributed by atoms with E-state index in [1.165, 1.54) is 6.92 Å². The van der Waals surface area contributed by atoms with Gasteiger partial charge < -0.3 is 10.6 Å². The molecule has 0 fully saturated rings. The molecule has 0 aliphatic carbocycles. The third kappa shape index (κ3) is 8.67. The van der Waals surface area contributed by atoms with Crippen LogP contribution in [0.25, 0.3) is 0 Å². The summed E-state index contributed by atoms with van der Waals surface area (Å²) in [7, 11) is 18.7. The van der Waals surface area contributed by atoms with Crippen molar-refractivity contribution in [3.8, 4) is 0 Å². The third-order valence-electron chi connectivity index (χ3n) is 3.23. The number of carbonyl (C=O) groups excluding carboxylic acids is 1. The van der Waals surface area contributed by atoms with E-state index in [9.17, 15) is 4.79 Å². The molecule has 2 N–H and O–H groups in total. The van der Waals surface area contributed by atoms with Gasteiger partial charge in [-0.25, -0.2) is 0 Å². The molecule has 1 amide bonds. The van der Waals surface area contributed by atoms with Gasteiger partial charge in [0.2, 0.25) is 5.91 Å². The van der Waals surface area contributed by atoms with E-state index in [0.29, 0.717) is 3.43 Å². The average molecular weight is 426 g/mol. The van der Waals surface area contributed by atoms with E-state index in [-0.39, 0.29) is 5.91 Å². The van der Waals surface area contributed by atoms with Crippen molar-refractivity contribution >= 4 is 25.1 Å². The number of hydrogen-bond acceptors (Lipinski definition) is 5. The number of hydrogen-bond donors (Lipinski definition) is 2. The quantitative estimate of drug-likeness (QED) is 0.660. The molecular weight excluding hydrogens is 385 g/mol. The van der Waals surface area contributed by atoms with Gasteiger partial charge in [-0.15, -0.1) is 0 Å². The van der Waals surface area contributed by atoms with E-state index in [1.807, 2.05) is 14.1 Å². The summed E-state index contributed by atoms with van der Waals surface area (Å²) in [5.74, 6) is 0.00463. The van der Waals surface area contributed by atoms with Crippen molar-refractivity contribution in [3.05, 3.63) is 0 Å². The Hall–Kier alpha value is 0.109. The molecule has 0 bridgehead atoms. The summed E-state index contributed by atoms with van der Waals surface area (Å²) in [6, 6.07) is 0. The molecule has 0 saturated heterocycles. The van der Waals surface area contributed by atoms with Crippen molar-refractivity contribution in [3.63, 3.8) is 0 Å². The van der Waals surface area contributed by atoms with E-state index in [1.54, 1.807) is 7.05 Å². The van der Waals surface area contributed by atoms with Crippen LogP contribution in [0.4, 0.5) is 0 Å². The molecule has 0 saturated carbocycles. The summed E-state index contributed by atoms with van der Waals surface area (Å²) in [6.45, 7) is 8.56. The van der Waals surface area contributed by atoms with Crippen LogP contribution in [0.1, 0.15) is 27.7 Å². The average Bonchev–Trinajstić information content (AvgIpc) is 2.27. The Morgan fingerprint density at radius 1 is 0.818 bits per heavy atom. The fraction of sp³-hybridized carbons (Fsp3) is 0.933. The topological polar surface area (TPSA) is 50.9 Å². The number of amides is 1. The SMILES string of the molecule is CNC.CNC(C)=O.C[N](C)[Sn]([N](C)C)([N](C)C)[C](C)(C)C. The van der Waals surface area contributed by atoms with Crippen LogP contribution in [-0.2, 0) is 4.79 Å².